The number of rotatable bonds is 6. The summed E-state index contributed by atoms with van der Waals surface area (Å²) in [5, 5.41) is 15.6. The molecule has 2 aromatic heterocycles. The van der Waals surface area contributed by atoms with Crippen molar-refractivity contribution in [1.82, 2.24) is 20.3 Å². The second kappa shape index (κ2) is 7.85. The van der Waals surface area contributed by atoms with Crippen molar-refractivity contribution in [3.8, 4) is 11.4 Å². The van der Waals surface area contributed by atoms with Gasteiger partial charge < -0.3 is 9.84 Å². The van der Waals surface area contributed by atoms with E-state index in [0.29, 0.717) is 22.5 Å². The van der Waals surface area contributed by atoms with Crippen molar-refractivity contribution in [1.29, 1.82) is 0 Å². The molecule has 136 valence electrons. The zero-order valence-corrected chi connectivity index (χ0v) is 15.8. The zero-order chi connectivity index (χ0) is 18.6. The maximum absolute atomic E-state index is 13.7. The van der Waals surface area contributed by atoms with Gasteiger partial charge in [-0.15, -0.1) is 10.2 Å². The van der Waals surface area contributed by atoms with Gasteiger partial charge in [0.25, 0.3) is 0 Å². The lowest BCUT2D eigenvalue weighted by Gasteiger charge is -2.02. The van der Waals surface area contributed by atoms with E-state index in [0.717, 1.165) is 9.90 Å². The molecule has 0 radical (unpaired) electrons. The zero-order valence-electron chi connectivity index (χ0n) is 14.2. The molecule has 1 N–H and O–H groups in total. The normalized spacial score (nSPS) is 12.1. The van der Waals surface area contributed by atoms with Gasteiger partial charge in [0, 0.05) is 5.56 Å². The average Bonchev–Trinajstić information content (AvgIpc) is 3.34. The van der Waals surface area contributed by atoms with Crippen molar-refractivity contribution in [2.45, 2.75) is 16.5 Å². The number of anilines is 2. The van der Waals surface area contributed by atoms with Crippen molar-refractivity contribution < 1.29 is 8.91 Å². The summed E-state index contributed by atoms with van der Waals surface area (Å²) in [6, 6.07) is 16.1. The number of nitrogens with one attached hydrogen (secondary N) is 1. The van der Waals surface area contributed by atoms with Gasteiger partial charge >= 0.3 is 0 Å². The molecule has 1 atom stereocenters. The van der Waals surface area contributed by atoms with Crippen LogP contribution in [0.15, 0.2) is 63.5 Å². The maximum Gasteiger partial charge on any atom is 0.240 e. The average molecular weight is 399 g/mol. The van der Waals surface area contributed by atoms with Gasteiger partial charge in [-0.2, -0.15) is 4.98 Å². The summed E-state index contributed by atoms with van der Waals surface area (Å²) in [6.45, 7) is 1.96. The summed E-state index contributed by atoms with van der Waals surface area (Å²) in [6.07, 6.45) is 0. The molecule has 0 saturated carbocycles. The molecule has 0 fully saturated rings. The largest absolute Gasteiger partial charge is 0.338 e. The second-order valence-corrected chi connectivity index (χ2v) is 8.13. The topological polar surface area (TPSA) is 76.7 Å². The molecule has 2 heterocycles. The first-order chi connectivity index (χ1) is 13.2. The quantitative estimate of drug-likeness (QED) is 0.439. The fourth-order valence-corrected chi connectivity index (χ4v) is 4.23. The Labute approximate surface area is 162 Å². The van der Waals surface area contributed by atoms with Gasteiger partial charge in [0.1, 0.15) is 5.82 Å². The SMILES string of the molecule is CC(Sc1nnc(Nc2ccccc2F)s1)c1nc(-c2ccccc2)no1. The third-order valence-corrected chi connectivity index (χ3v) is 5.63. The van der Waals surface area contributed by atoms with Gasteiger partial charge in [0.2, 0.25) is 16.8 Å². The highest BCUT2D eigenvalue weighted by atomic mass is 32.2. The minimum atomic E-state index is -0.338. The summed E-state index contributed by atoms with van der Waals surface area (Å²) >= 11 is 2.79. The van der Waals surface area contributed by atoms with Gasteiger partial charge in [0.05, 0.1) is 10.9 Å². The first kappa shape index (κ1) is 17.6. The number of aromatic nitrogens is 4. The predicted octanol–water partition coefficient (Wildman–Crippen LogP) is 5.32. The van der Waals surface area contributed by atoms with Crippen molar-refractivity contribution >= 4 is 33.9 Å². The Bertz CT molecular complexity index is 1040. The van der Waals surface area contributed by atoms with Crippen LogP contribution in [0.2, 0.25) is 0 Å². The number of halogens is 1. The summed E-state index contributed by atoms with van der Waals surface area (Å²) in [7, 11) is 0. The molecule has 0 spiro atoms. The van der Waals surface area contributed by atoms with E-state index in [9.17, 15) is 4.39 Å². The van der Waals surface area contributed by atoms with E-state index in [1.165, 1.54) is 29.2 Å². The van der Waals surface area contributed by atoms with Crippen LogP contribution >= 0.6 is 23.1 Å². The van der Waals surface area contributed by atoms with Crippen LogP contribution in [0.25, 0.3) is 11.4 Å². The minimum absolute atomic E-state index is 0.0933. The standard InChI is InChI=1S/C18H14FN5OS2/c1-11(16-21-15(24-25-16)12-7-3-2-4-8-12)26-18-23-22-17(27-18)20-14-10-6-5-9-13(14)19/h2-11H,1H3,(H,20,22). The van der Waals surface area contributed by atoms with Crippen molar-refractivity contribution in [3.63, 3.8) is 0 Å². The Kier molecular flexibility index (Phi) is 5.12. The van der Waals surface area contributed by atoms with Crippen LogP contribution < -0.4 is 5.32 Å². The van der Waals surface area contributed by atoms with Gasteiger partial charge in [-0.05, 0) is 19.1 Å². The van der Waals surface area contributed by atoms with Crippen LogP contribution in [0.1, 0.15) is 18.1 Å². The Balaban J connectivity index is 1.43. The first-order valence-electron chi connectivity index (χ1n) is 8.10. The van der Waals surface area contributed by atoms with Crippen LogP contribution in [0.5, 0.6) is 0 Å². The van der Waals surface area contributed by atoms with E-state index in [2.05, 4.69) is 25.7 Å². The molecule has 0 aliphatic carbocycles. The highest BCUT2D eigenvalue weighted by molar-refractivity contribution is 8.01. The number of benzene rings is 2. The predicted molar refractivity (Wildman–Crippen MR) is 104 cm³/mol. The molecule has 0 aliphatic heterocycles. The highest BCUT2D eigenvalue weighted by Gasteiger charge is 2.19. The smallest absolute Gasteiger partial charge is 0.240 e. The number of hydrogen-bond acceptors (Lipinski definition) is 8. The van der Waals surface area contributed by atoms with E-state index in [-0.39, 0.29) is 11.1 Å². The minimum Gasteiger partial charge on any atom is -0.338 e. The van der Waals surface area contributed by atoms with Gasteiger partial charge in [0.15, 0.2) is 4.34 Å². The summed E-state index contributed by atoms with van der Waals surface area (Å²) in [5.41, 5.74) is 1.26. The molecule has 9 heteroatoms. The molecule has 6 nitrogen and oxygen atoms in total. The lowest BCUT2D eigenvalue weighted by atomic mass is 10.2. The number of hydrogen-bond donors (Lipinski definition) is 1. The molecular formula is C18H14FN5OS2. The second-order valence-electron chi connectivity index (χ2n) is 5.56. The van der Waals surface area contributed by atoms with Crippen LogP contribution in [0, 0.1) is 5.82 Å². The Hall–Kier alpha value is -2.78. The Morgan fingerprint density at radius 2 is 1.85 bits per heavy atom. The summed E-state index contributed by atoms with van der Waals surface area (Å²) in [5.74, 6) is 0.726. The van der Waals surface area contributed by atoms with Gasteiger partial charge in [-0.1, -0.05) is 70.7 Å². The monoisotopic (exact) mass is 399 g/mol. The summed E-state index contributed by atoms with van der Waals surface area (Å²) in [4.78, 5) is 4.46. The lowest BCUT2D eigenvalue weighted by Crippen LogP contribution is -1.92. The molecule has 0 bridgehead atoms. The van der Waals surface area contributed by atoms with Crippen LogP contribution in [0.3, 0.4) is 0 Å². The van der Waals surface area contributed by atoms with Gasteiger partial charge in [-0.3, -0.25) is 0 Å². The molecule has 2 aromatic carbocycles. The molecule has 0 saturated heterocycles. The van der Waals surface area contributed by atoms with Gasteiger partial charge in [-0.25, -0.2) is 4.39 Å². The van der Waals surface area contributed by atoms with E-state index >= 15 is 0 Å². The molecule has 4 aromatic rings. The van der Waals surface area contributed by atoms with Crippen LogP contribution in [0.4, 0.5) is 15.2 Å². The fourth-order valence-electron chi connectivity index (χ4n) is 2.29. The molecule has 4 rings (SSSR count). The van der Waals surface area contributed by atoms with Crippen molar-refractivity contribution in [3.05, 3.63) is 66.3 Å². The van der Waals surface area contributed by atoms with Crippen molar-refractivity contribution in [2.24, 2.45) is 0 Å². The third-order valence-electron chi connectivity index (χ3n) is 3.62. The van der Waals surface area contributed by atoms with Crippen LogP contribution in [-0.2, 0) is 0 Å². The first-order valence-corrected chi connectivity index (χ1v) is 9.79. The Morgan fingerprint density at radius 3 is 2.67 bits per heavy atom. The molecule has 1 unspecified atom stereocenters. The highest BCUT2D eigenvalue weighted by Crippen LogP contribution is 2.37. The fraction of sp³-hybridized carbons (Fsp3) is 0.111. The third kappa shape index (κ3) is 4.15. The molecule has 0 amide bonds. The lowest BCUT2D eigenvalue weighted by molar-refractivity contribution is 0.381. The number of thioether (sulfide) groups is 1. The van der Waals surface area contributed by atoms with E-state index in [1.807, 2.05) is 37.3 Å². The number of nitrogens with zero attached hydrogens (tertiary/aromatic N) is 4. The summed E-state index contributed by atoms with van der Waals surface area (Å²) < 4.78 is 19.8. The Morgan fingerprint density at radius 1 is 1.07 bits per heavy atom. The van der Waals surface area contributed by atoms with E-state index < -0.39 is 0 Å². The molecular weight excluding hydrogens is 385 g/mol. The molecule has 27 heavy (non-hydrogen) atoms. The van der Waals surface area contributed by atoms with Crippen LogP contribution in [-0.4, -0.2) is 20.3 Å². The van der Waals surface area contributed by atoms with Crippen molar-refractivity contribution in [2.75, 3.05) is 5.32 Å². The number of para-hydroxylation sites is 1. The van der Waals surface area contributed by atoms with E-state index in [1.54, 1.807) is 18.2 Å². The van der Waals surface area contributed by atoms with E-state index in [4.69, 9.17) is 4.52 Å². The molecule has 0 aliphatic rings. The maximum atomic E-state index is 13.7.